The average Bonchev–Trinajstić information content (AvgIpc) is 3.72. The predicted molar refractivity (Wildman–Crippen MR) is 172 cm³/mol. The third kappa shape index (κ3) is 9.85. The van der Waals surface area contributed by atoms with Gasteiger partial charge in [0.25, 0.3) is 12.4 Å². The maximum absolute atomic E-state index is 13.3. The second-order valence-corrected chi connectivity index (χ2v) is 11.1. The standard InChI is InChI=1S/C33H36N6O6.CH2O2/c1-20-32-39-27(19-44-32)31(43)37-26(17-22-11-5-3-6-12-22)29(41)34-16-10-9-15-24(30(42)35-20)36-28(40)18-25-21(2)45-33(38-25)23-13-7-4-8-14-23;2-1-3/h3-8,11-14,19-20,24,26H,9-10,15-18H2,1-2H3,(H,34,41)(H,35,42)(H,36,40)(H,37,43);1H,(H,2,3)/t20-,24-,26?;/m0./s1. The lowest BCUT2D eigenvalue weighted by atomic mass is 10.0. The van der Waals surface area contributed by atoms with E-state index >= 15 is 0 Å². The minimum atomic E-state index is -0.868. The van der Waals surface area contributed by atoms with Gasteiger partial charge in [-0.1, -0.05) is 48.5 Å². The molecule has 1 unspecified atom stereocenters. The van der Waals surface area contributed by atoms with Crippen molar-refractivity contribution in [1.82, 2.24) is 31.2 Å². The lowest BCUT2D eigenvalue weighted by molar-refractivity contribution is -0.129. The lowest BCUT2D eigenvalue weighted by Gasteiger charge is -2.21. The van der Waals surface area contributed by atoms with Crippen molar-refractivity contribution < 1.29 is 37.9 Å². The highest BCUT2D eigenvalue weighted by atomic mass is 16.4. The zero-order valence-electron chi connectivity index (χ0n) is 26.6. The third-order valence-electron chi connectivity index (χ3n) is 7.50. The molecule has 48 heavy (non-hydrogen) atoms. The molecule has 2 aromatic heterocycles. The van der Waals surface area contributed by atoms with Crippen LogP contribution < -0.4 is 21.3 Å². The van der Waals surface area contributed by atoms with Gasteiger partial charge in [-0.3, -0.25) is 24.0 Å². The molecule has 5 rings (SSSR count). The quantitative estimate of drug-likeness (QED) is 0.192. The Morgan fingerprint density at radius 1 is 1.00 bits per heavy atom. The Balaban J connectivity index is 0.00000167. The van der Waals surface area contributed by atoms with Gasteiger partial charge >= 0.3 is 0 Å². The number of nitrogens with zero attached hydrogens (tertiary/aromatic N) is 2. The van der Waals surface area contributed by atoms with E-state index in [1.807, 2.05) is 60.7 Å². The van der Waals surface area contributed by atoms with Crippen LogP contribution in [0, 0.1) is 6.92 Å². The molecular weight excluding hydrogens is 620 g/mol. The van der Waals surface area contributed by atoms with E-state index in [0.29, 0.717) is 49.6 Å². The monoisotopic (exact) mass is 658 g/mol. The van der Waals surface area contributed by atoms with Gasteiger partial charge in [-0.15, -0.1) is 0 Å². The minimum Gasteiger partial charge on any atom is -0.483 e. The maximum atomic E-state index is 13.3. The molecule has 5 N–H and O–H groups in total. The molecule has 2 bridgehead atoms. The Bertz CT molecular complexity index is 1690. The van der Waals surface area contributed by atoms with E-state index in [9.17, 15) is 19.2 Å². The van der Waals surface area contributed by atoms with Crippen LogP contribution in [0.25, 0.3) is 11.5 Å². The summed E-state index contributed by atoms with van der Waals surface area (Å²) in [7, 11) is 0. The Morgan fingerprint density at radius 3 is 2.40 bits per heavy atom. The van der Waals surface area contributed by atoms with Crippen LogP contribution in [0.5, 0.6) is 0 Å². The van der Waals surface area contributed by atoms with Crippen LogP contribution >= 0.6 is 0 Å². The number of aryl methyl sites for hydroxylation is 1. The van der Waals surface area contributed by atoms with Crippen LogP contribution in [0.3, 0.4) is 0 Å². The highest BCUT2D eigenvalue weighted by Crippen LogP contribution is 2.22. The molecule has 0 radical (unpaired) electrons. The maximum Gasteiger partial charge on any atom is 0.290 e. The van der Waals surface area contributed by atoms with Crippen LogP contribution in [0.4, 0.5) is 0 Å². The van der Waals surface area contributed by atoms with Crippen LogP contribution in [-0.2, 0) is 32.0 Å². The number of nitrogens with one attached hydrogen (secondary N) is 4. The van der Waals surface area contributed by atoms with Gasteiger partial charge in [0.15, 0.2) is 5.69 Å². The summed E-state index contributed by atoms with van der Waals surface area (Å²) in [5.74, 6) is -0.681. The molecule has 3 atom stereocenters. The molecule has 4 aromatic rings. The van der Waals surface area contributed by atoms with Gasteiger partial charge in [0, 0.05) is 18.5 Å². The van der Waals surface area contributed by atoms with E-state index in [4.69, 9.17) is 18.7 Å². The fourth-order valence-corrected chi connectivity index (χ4v) is 5.03. The summed E-state index contributed by atoms with van der Waals surface area (Å²) in [5.41, 5.74) is 2.14. The largest absolute Gasteiger partial charge is 0.483 e. The molecule has 0 saturated carbocycles. The van der Waals surface area contributed by atoms with Gasteiger partial charge < -0.3 is 35.2 Å². The Morgan fingerprint density at radius 2 is 1.69 bits per heavy atom. The summed E-state index contributed by atoms with van der Waals surface area (Å²) < 4.78 is 11.3. The van der Waals surface area contributed by atoms with Crippen LogP contribution in [0.1, 0.15) is 65.6 Å². The molecule has 14 heteroatoms. The summed E-state index contributed by atoms with van der Waals surface area (Å²) >= 11 is 0. The molecule has 4 amide bonds. The normalized spacial score (nSPS) is 18.7. The number of carboxylic acid groups (broad SMARTS) is 1. The summed E-state index contributed by atoms with van der Waals surface area (Å²) in [6.45, 7) is 3.49. The van der Waals surface area contributed by atoms with Crippen molar-refractivity contribution in [3.05, 3.63) is 95.5 Å². The number of amides is 4. The van der Waals surface area contributed by atoms with E-state index in [2.05, 4.69) is 31.2 Å². The number of rotatable bonds is 6. The number of hydrogen-bond donors (Lipinski definition) is 5. The van der Waals surface area contributed by atoms with E-state index in [0.717, 1.165) is 11.1 Å². The van der Waals surface area contributed by atoms with Crippen molar-refractivity contribution in [1.29, 1.82) is 0 Å². The molecular formula is C34H38N6O8. The summed E-state index contributed by atoms with van der Waals surface area (Å²) in [6, 6.07) is 16.4. The second-order valence-electron chi connectivity index (χ2n) is 11.1. The van der Waals surface area contributed by atoms with Crippen molar-refractivity contribution in [2.75, 3.05) is 6.54 Å². The average molecular weight is 659 g/mol. The fraction of sp³-hybridized carbons (Fsp3) is 0.324. The zero-order chi connectivity index (χ0) is 34.5. The zero-order valence-corrected chi connectivity index (χ0v) is 26.6. The van der Waals surface area contributed by atoms with E-state index in [-0.39, 0.29) is 36.3 Å². The smallest absolute Gasteiger partial charge is 0.290 e. The molecule has 0 fully saturated rings. The molecule has 3 heterocycles. The molecule has 0 spiro atoms. The van der Waals surface area contributed by atoms with Crippen molar-refractivity contribution >= 4 is 30.1 Å². The van der Waals surface area contributed by atoms with Gasteiger partial charge in [0.05, 0.1) is 12.1 Å². The molecule has 0 saturated heterocycles. The van der Waals surface area contributed by atoms with Gasteiger partial charge in [-0.05, 0) is 50.8 Å². The van der Waals surface area contributed by atoms with Crippen LogP contribution in [0.15, 0.2) is 75.8 Å². The topological polar surface area (TPSA) is 206 Å². The van der Waals surface area contributed by atoms with Gasteiger partial charge in [-0.2, -0.15) is 0 Å². The highest BCUT2D eigenvalue weighted by molar-refractivity contribution is 5.96. The van der Waals surface area contributed by atoms with Crippen molar-refractivity contribution in [2.24, 2.45) is 0 Å². The SMILES string of the molecule is Cc1oc(-c2ccccc2)nc1CC(=O)N[C@H]1CCCCNC(=O)C(Cc2ccccc2)NC(=O)c2coc(n2)[C@H](C)NC1=O.O=CO. The minimum absolute atomic E-state index is 0.0215. The fourth-order valence-electron chi connectivity index (χ4n) is 5.03. The lowest BCUT2D eigenvalue weighted by Crippen LogP contribution is -2.49. The number of benzene rings is 2. The number of carbonyl (C=O) groups excluding carboxylic acids is 4. The first kappa shape index (κ1) is 35.1. The molecule has 0 aliphatic carbocycles. The first-order chi connectivity index (χ1) is 23.2. The number of fused-ring (bicyclic) bond motifs is 2. The van der Waals surface area contributed by atoms with E-state index in [1.165, 1.54) is 6.26 Å². The molecule has 1 aliphatic heterocycles. The summed E-state index contributed by atoms with van der Waals surface area (Å²) in [6.07, 6.45) is 2.82. The first-order valence-electron chi connectivity index (χ1n) is 15.5. The number of aromatic nitrogens is 2. The summed E-state index contributed by atoms with van der Waals surface area (Å²) in [4.78, 5) is 69.7. The molecule has 2 aromatic carbocycles. The van der Waals surface area contributed by atoms with Gasteiger partial charge in [-0.25, -0.2) is 9.97 Å². The van der Waals surface area contributed by atoms with Crippen molar-refractivity contribution in [3.8, 4) is 11.5 Å². The molecule has 252 valence electrons. The van der Waals surface area contributed by atoms with Crippen LogP contribution in [0.2, 0.25) is 0 Å². The number of hydrogen-bond acceptors (Lipinski definition) is 9. The Labute approximate surface area is 276 Å². The number of oxazole rings is 2. The van der Waals surface area contributed by atoms with Gasteiger partial charge in [0.1, 0.15) is 30.1 Å². The van der Waals surface area contributed by atoms with Gasteiger partial charge in [0.2, 0.25) is 29.5 Å². The highest BCUT2D eigenvalue weighted by Gasteiger charge is 2.28. The second kappa shape index (κ2) is 17.2. The van der Waals surface area contributed by atoms with Crippen molar-refractivity contribution in [2.45, 2.75) is 64.1 Å². The molecule has 1 aliphatic rings. The Kier molecular flexibility index (Phi) is 12.6. The third-order valence-corrected chi connectivity index (χ3v) is 7.50. The van der Waals surface area contributed by atoms with E-state index < -0.39 is 29.9 Å². The van der Waals surface area contributed by atoms with E-state index in [1.54, 1.807) is 13.8 Å². The number of carbonyl (C=O) groups is 5. The summed E-state index contributed by atoms with van der Waals surface area (Å²) in [5, 5.41) is 18.2. The van der Waals surface area contributed by atoms with Crippen LogP contribution in [-0.4, -0.2) is 63.8 Å². The first-order valence-corrected chi connectivity index (χ1v) is 15.5. The van der Waals surface area contributed by atoms with Crippen molar-refractivity contribution in [3.63, 3.8) is 0 Å². The molecule has 14 nitrogen and oxygen atoms in total. The Hall–Kier alpha value is -5.79. The predicted octanol–water partition coefficient (Wildman–Crippen LogP) is 2.88.